The van der Waals surface area contributed by atoms with Crippen molar-refractivity contribution < 1.29 is 0 Å². The highest BCUT2D eigenvalue weighted by atomic mass is 31.0. The van der Waals surface area contributed by atoms with Crippen molar-refractivity contribution in [2.45, 2.75) is 0 Å². The number of nitrogens with one attached hydrogen (secondary N) is 2. The molecule has 0 heterocycles. The molecule has 0 bridgehead atoms. The van der Waals surface area contributed by atoms with E-state index in [0.717, 1.165) is 22.7 Å². The summed E-state index contributed by atoms with van der Waals surface area (Å²) in [4.78, 5) is 0. The zero-order chi connectivity index (χ0) is 22.7. The molecule has 0 aliphatic carbocycles. The van der Waals surface area contributed by atoms with Crippen LogP contribution in [0.2, 0.25) is 0 Å². The van der Waals surface area contributed by atoms with Crippen molar-refractivity contribution in [1.82, 2.24) is 0 Å². The highest BCUT2D eigenvalue weighted by molar-refractivity contribution is 7.27. The topological polar surface area (TPSA) is 24.1 Å². The number of rotatable bonds is 5. The first kappa shape index (κ1) is 22.3. The van der Waals surface area contributed by atoms with E-state index in [9.17, 15) is 0 Å². The van der Waals surface area contributed by atoms with Gasteiger partial charge in [-0.2, -0.15) is 0 Å². The van der Waals surface area contributed by atoms with E-state index in [1.165, 1.54) is 16.4 Å². The van der Waals surface area contributed by atoms with E-state index in [1.807, 2.05) is 66.7 Å². The standard InChI is InChI=1S/C24H20N2.C6H7P/c1-3-7-21(8-4-1)25-23-15-11-19(12-16-23)20-13-17-24(18-14-20)26-22-9-5-2-6-10-22;7-6-4-2-1-3-5-6/h1-18,25-26H;1-5H,7H2. The molecule has 5 rings (SSSR count). The van der Waals surface area contributed by atoms with E-state index in [2.05, 4.69) is 92.7 Å². The van der Waals surface area contributed by atoms with Gasteiger partial charge in [0.2, 0.25) is 0 Å². The molecule has 0 spiro atoms. The SMILES string of the molecule is Pc1ccccc1.c1ccc(Nc2ccc(-c3ccc(Nc4ccccc4)cc3)cc2)cc1. The Hall–Kier alpha value is -3.87. The lowest BCUT2D eigenvalue weighted by Gasteiger charge is -2.09. The Bertz CT molecular complexity index is 1140. The van der Waals surface area contributed by atoms with Crippen molar-refractivity contribution in [3.63, 3.8) is 0 Å². The van der Waals surface area contributed by atoms with Gasteiger partial charge in [-0.05, 0) is 65.0 Å². The Morgan fingerprint density at radius 3 is 0.939 bits per heavy atom. The molecule has 0 fully saturated rings. The van der Waals surface area contributed by atoms with Crippen LogP contribution in [-0.4, -0.2) is 0 Å². The second-order valence-electron chi connectivity index (χ2n) is 7.55. The normalized spacial score (nSPS) is 9.97. The van der Waals surface area contributed by atoms with E-state index in [0.29, 0.717) is 0 Å². The third-order valence-electron chi connectivity index (χ3n) is 5.03. The van der Waals surface area contributed by atoms with Crippen molar-refractivity contribution in [3.8, 4) is 11.1 Å². The average Bonchev–Trinajstić information content (AvgIpc) is 2.87. The van der Waals surface area contributed by atoms with Gasteiger partial charge < -0.3 is 10.6 Å². The van der Waals surface area contributed by atoms with Crippen LogP contribution in [0.4, 0.5) is 22.7 Å². The maximum atomic E-state index is 3.41. The van der Waals surface area contributed by atoms with Gasteiger partial charge in [0.25, 0.3) is 0 Å². The average molecular weight is 447 g/mol. The molecule has 2 N–H and O–H groups in total. The molecule has 162 valence electrons. The molecule has 0 aliphatic heterocycles. The van der Waals surface area contributed by atoms with Gasteiger partial charge in [-0.15, -0.1) is 9.24 Å². The lowest BCUT2D eigenvalue weighted by Crippen LogP contribution is -1.90. The molecule has 0 amide bonds. The zero-order valence-electron chi connectivity index (χ0n) is 18.4. The molecule has 2 nitrogen and oxygen atoms in total. The zero-order valence-corrected chi connectivity index (χ0v) is 19.5. The first-order valence-electron chi connectivity index (χ1n) is 10.9. The van der Waals surface area contributed by atoms with Crippen LogP contribution in [0.15, 0.2) is 140 Å². The van der Waals surface area contributed by atoms with Gasteiger partial charge in [-0.1, -0.05) is 91.0 Å². The fourth-order valence-electron chi connectivity index (χ4n) is 3.32. The number of para-hydroxylation sites is 2. The van der Waals surface area contributed by atoms with Gasteiger partial charge in [-0.25, -0.2) is 0 Å². The Kier molecular flexibility index (Phi) is 7.89. The maximum absolute atomic E-state index is 3.41. The molecule has 0 radical (unpaired) electrons. The van der Waals surface area contributed by atoms with E-state index in [4.69, 9.17) is 0 Å². The third kappa shape index (κ3) is 7.07. The molecule has 0 aromatic heterocycles. The lowest BCUT2D eigenvalue weighted by molar-refractivity contribution is 1.53. The second-order valence-corrected chi connectivity index (χ2v) is 8.21. The van der Waals surface area contributed by atoms with Crippen LogP contribution < -0.4 is 15.9 Å². The van der Waals surface area contributed by atoms with Gasteiger partial charge in [-0.3, -0.25) is 0 Å². The largest absolute Gasteiger partial charge is 0.356 e. The van der Waals surface area contributed by atoms with Crippen molar-refractivity contribution >= 4 is 37.3 Å². The van der Waals surface area contributed by atoms with Gasteiger partial charge in [0.05, 0.1) is 0 Å². The van der Waals surface area contributed by atoms with Gasteiger partial charge in [0.1, 0.15) is 0 Å². The number of hydrogen-bond donors (Lipinski definition) is 2. The molecule has 3 heteroatoms. The summed E-state index contributed by atoms with van der Waals surface area (Å²) in [7, 11) is 2.63. The summed E-state index contributed by atoms with van der Waals surface area (Å²) in [5.74, 6) is 0. The quantitative estimate of drug-likeness (QED) is 0.267. The van der Waals surface area contributed by atoms with Crippen LogP contribution in [0.1, 0.15) is 0 Å². The molecule has 0 saturated heterocycles. The summed E-state index contributed by atoms with van der Waals surface area (Å²) in [6.07, 6.45) is 0. The van der Waals surface area contributed by atoms with Crippen LogP contribution in [0.3, 0.4) is 0 Å². The van der Waals surface area contributed by atoms with Crippen molar-refractivity contribution in [3.05, 3.63) is 140 Å². The molecular formula is C30H27N2P. The Morgan fingerprint density at radius 2 is 0.636 bits per heavy atom. The van der Waals surface area contributed by atoms with Crippen molar-refractivity contribution in [1.29, 1.82) is 0 Å². The minimum absolute atomic E-state index is 1.09. The predicted molar refractivity (Wildman–Crippen MR) is 147 cm³/mol. The Morgan fingerprint density at radius 1 is 0.333 bits per heavy atom. The number of hydrogen-bond acceptors (Lipinski definition) is 2. The van der Waals surface area contributed by atoms with Crippen LogP contribution in [0, 0.1) is 0 Å². The molecule has 1 unspecified atom stereocenters. The fraction of sp³-hybridized carbons (Fsp3) is 0. The lowest BCUT2D eigenvalue weighted by atomic mass is 10.0. The van der Waals surface area contributed by atoms with E-state index in [-0.39, 0.29) is 0 Å². The molecule has 5 aromatic rings. The highest BCUT2D eigenvalue weighted by Gasteiger charge is 2.00. The number of anilines is 4. The summed E-state index contributed by atoms with van der Waals surface area (Å²) in [6.45, 7) is 0. The van der Waals surface area contributed by atoms with Gasteiger partial charge in [0, 0.05) is 22.7 Å². The van der Waals surface area contributed by atoms with Crippen molar-refractivity contribution in [2.75, 3.05) is 10.6 Å². The summed E-state index contributed by atoms with van der Waals surface area (Å²) in [5.41, 5.74) is 6.77. The van der Waals surface area contributed by atoms with Gasteiger partial charge >= 0.3 is 0 Å². The predicted octanol–water partition coefficient (Wildman–Crippen LogP) is 8.03. The Labute approximate surface area is 198 Å². The van der Waals surface area contributed by atoms with Crippen LogP contribution in [-0.2, 0) is 0 Å². The summed E-state index contributed by atoms with van der Waals surface area (Å²) in [6, 6.07) is 47.5. The minimum atomic E-state index is 1.09. The molecular weight excluding hydrogens is 419 g/mol. The van der Waals surface area contributed by atoms with Crippen LogP contribution in [0.5, 0.6) is 0 Å². The van der Waals surface area contributed by atoms with Crippen molar-refractivity contribution in [2.24, 2.45) is 0 Å². The fourth-order valence-corrected chi connectivity index (χ4v) is 3.54. The monoisotopic (exact) mass is 446 g/mol. The summed E-state index contributed by atoms with van der Waals surface area (Å²) in [5, 5.41) is 8.06. The van der Waals surface area contributed by atoms with E-state index < -0.39 is 0 Å². The molecule has 33 heavy (non-hydrogen) atoms. The Balaban J connectivity index is 0.000000318. The number of benzene rings is 5. The summed E-state index contributed by atoms with van der Waals surface area (Å²) >= 11 is 0. The first-order valence-corrected chi connectivity index (χ1v) is 11.5. The highest BCUT2D eigenvalue weighted by Crippen LogP contribution is 2.25. The molecule has 0 aliphatic rings. The summed E-state index contributed by atoms with van der Waals surface area (Å²) < 4.78 is 0. The van der Waals surface area contributed by atoms with E-state index >= 15 is 0 Å². The molecule has 0 saturated carbocycles. The second kappa shape index (κ2) is 11.7. The molecule has 1 atom stereocenters. The smallest absolute Gasteiger partial charge is 0.0384 e. The first-order chi connectivity index (χ1) is 16.3. The van der Waals surface area contributed by atoms with Crippen LogP contribution in [0.25, 0.3) is 11.1 Å². The van der Waals surface area contributed by atoms with Gasteiger partial charge in [0.15, 0.2) is 0 Å². The minimum Gasteiger partial charge on any atom is -0.356 e. The third-order valence-corrected chi connectivity index (χ3v) is 5.41. The van der Waals surface area contributed by atoms with Crippen LogP contribution >= 0.6 is 9.24 Å². The molecule has 5 aromatic carbocycles. The van der Waals surface area contributed by atoms with E-state index in [1.54, 1.807) is 0 Å². The maximum Gasteiger partial charge on any atom is 0.0384 e.